The molecule has 3 aromatic rings. The highest BCUT2D eigenvalue weighted by atomic mass is 127. The van der Waals surface area contributed by atoms with Crippen LogP contribution in [0.1, 0.15) is 36.5 Å². The van der Waals surface area contributed by atoms with Crippen molar-refractivity contribution in [1.82, 2.24) is 4.90 Å². The molecule has 1 fully saturated rings. The molecule has 0 radical (unpaired) electrons. The molecule has 0 unspecified atom stereocenters. The SMILES string of the molecule is COc1cc(/C=C2\SC(=O)N(CC(=O)Nc3ccc(C(C)C)cc3)C2=O)ccc1OCc1ccc(I)cc1. The van der Waals surface area contributed by atoms with Crippen LogP contribution in [0.5, 0.6) is 11.5 Å². The lowest BCUT2D eigenvalue weighted by Gasteiger charge is -2.13. The van der Waals surface area contributed by atoms with E-state index in [4.69, 9.17) is 9.47 Å². The number of nitrogens with one attached hydrogen (secondary N) is 1. The van der Waals surface area contributed by atoms with Gasteiger partial charge in [0.05, 0.1) is 12.0 Å². The molecule has 1 N–H and O–H groups in total. The van der Waals surface area contributed by atoms with Crippen LogP contribution in [0.3, 0.4) is 0 Å². The zero-order valence-electron chi connectivity index (χ0n) is 21.2. The number of amides is 3. The summed E-state index contributed by atoms with van der Waals surface area (Å²) in [6.07, 6.45) is 1.61. The molecule has 0 bridgehead atoms. The monoisotopic (exact) mass is 642 g/mol. The summed E-state index contributed by atoms with van der Waals surface area (Å²) in [5, 5.41) is 2.25. The van der Waals surface area contributed by atoms with Crippen molar-refractivity contribution < 1.29 is 23.9 Å². The molecular formula is C29H27IN2O5S. The third-order valence-corrected chi connectivity index (χ3v) is 7.46. The second-order valence-electron chi connectivity index (χ2n) is 8.92. The number of benzene rings is 3. The maximum absolute atomic E-state index is 12.9. The van der Waals surface area contributed by atoms with E-state index >= 15 is 0 Å². The number of rotatable bonds is 9. The predicted octanol–water partition coefficient (Wildman–Crippen LogP) is 6.68. The Morgan fingerprint density at radius 1 is 1.03 bits per heavy atom. The van der Waals surface area contributed by atoms with Crippen molar-refractivity contribution in [2.24, 2.45) is 0 Å². The summed E-state index contributed by atoms with van der Waals surface area (Å²) < 4.78 is 12.5. The minimum Gasteiger partial charge on any atom is -0.493 e. The van der Waals surface area contributed by atoms with Crippen molar-refractivity contribution in [3.05, 3.63) is 91.9 Å². The molecule has 1 aliphatic heterocycles. The van der Waals surface area contributed by atoms with E-state index in [0.29, 0.717) is 35.3 Å². The lowest BCUT2D eigenvalue weighted by atomic mass is 10.0. The summed E-state index contributed by atoms with van der Waals surface area (Å²) in [5.41, 5.74) is 3.46. The lowest BCUT2D eigenvalue weighted by molar-refractivity contribution is -0.127. The molecule has 3 amide bonds. The van der Waals surface area contributed by atoms with Crippen molar-refractivity contribution in [1.29, 1.82) is 0 Å². The van der Waals surface area contributed by atoms with E-state index in [0.717, 1.165) is 31.4 Å². The van der Waals surface area contributed by atoms with Crippen molar-refractivity contribution in [3.8, 4) is 11.5 Å². The van der Waals surface area contributed by atoms with Gasteiger partial charge in [0.2, 0.25) is 5.91 Å². The smallest absolute Gasteiger partial charge is 0.294 e. The van der Waals surface area contributed by atoms with Crippen molar-refractivity contribution in [3.63, 3.8) is 0 Å². The zero-order valence-corrected chi connectivity index (χ0v) is 24.2. The van der Waals surface area contributed by atoms with Gasteiger partial charge in [-0.2, -0.15) is 0 Å². The number of thioether (sulfide) groups is 1. The minimum absolute atomic E-state index is 0.235. The molecule has 1 saturated heterocycles. The molecule has 0 aromatic heterocycles. The first-order valence-corrected chi connectivity index (χ1v) is 13.8. The van der Waals surface area contributed by atoms with E-state index in [1.54, 1.807) is 31.4 Å². The van der Waals surface area contributed by atoms with E-state index in [1.807, 2.05) is 48.5 Å². The van der Waals surface area contributed by atoms with Gasteiger partial charge < -0.3 is 14.8 Å². The number of hydrogen-bond donors (Lipinski definition) is 1. The van der Waals surface area contributed by atoms with Gasteiger partial charge in [0.15, 0.2) is 11.5 Å². The first-order chi connectivity index (χ1) is 18.2. The first kappa shape index (κ1) is 27.7. The number of halogens is 1. The number of carbonyl (C=O) groups excluding carboxylic acids is 3. The number of carbonyl (C=O) groups is 3. The highest BCUT2D eigenvalue weighted by Crippen LogP contribution is 2.35. The Morgan fingerprint density at radius 2 is 1.74 bits per heavy atom. The highest BCUT2D eigenvalue weighted by molar-refractivity contribution is 14.1. The van der Waals surface area contributed by atoms with Crippen LogP contribution in [-0.2, 0) is 16.2 Å². The van der Waals surface area contributed by atoms with Gasteiger partial charge >= 0.3 is 0 Å². The van der Waals surface area contributed by atoms with E-state index in [-0.39, 0.29) is 11.4 Å². The molecular weight excluding hydrogens is 615 g/mol. The number of methoxy groups -OCH3 is 1. The molecule has 196 valence electrons. The van der Waals surface area contributed by atoms with E-state index in [2.05, 4.69) is 41.8 Å². The fraction of sp³-hybridized carbons (Fsp3) is 0.207. The summed E-state index contributed by atoms with van der Waals surface area (Å²) in [4.78, 5) is 39.1. The van der Waals surface area contributed by atoms with Gasteiger partial charge in [-0.05, 0) is 99.4 Å². The molecule has 38 heavy (non-hydrogen) atoms. The molecule has 0 spiro atoms. The molecule has 0 atom stereocenters. The van der Waals surface area contributed by atoms with Gasteiger partial charge in [-0.25, -0.2) is 0 Å². The van der Waals surface area contributed by atoms with Crippen molar-refractivity contribution in [2.75, 3.05) is 19.0 Å². The molecule has 1 heterocycles. The van der Waals surface area contributed by atoms with Crippen LogP contribution in [-0.4, -0.2) is 35.6 Å². The predicted molar refractivity (Wildman–Crippen MR) is 158 cm³/mol. The van der Waals surface area contributed by atoms with Gasteiger partial charge in [-0.1, -0.05) is 44.2 Å². The largest absolute Gasteiger partial charge is 0.493 e. The van der Waals surface area contributed by atoms with Crippen LogP contribution in [0, 0.1) is 3.57 Å². The van der Waals surface area contributed by atoms with Gasteiger partial charge in [-0.3, -0.25) is 19.3 Å². The minimum atomic E-state index is -0.511. The Hall–Kier alpha value is -3.31. The first-order valence-electron chi connectivity index (χ1n) is 11.9. The lowest BCUT2D eigenvalue weighted by Crippen LogP contribution is -2.36. The average molecular weight is 643 g/mol. The highest BCUT2D eigenvalue weighted by Gasteiger charge is 2.36. The van der Waals surface area contributed by atoms with E-state index < -0.39 is 17.1 Å². The molecule has 3 aromatic carbocycles. The van der Waals surface area contributed by atoms with Crippen LogP contribution in [0.2, 0.25) is 0 Å². The molecule has 4 rings (SSSR count). The normalized spacial score (nSPS) is 14.3. The number of anilines is 1. The number of imide groups is 1. The van der Waals surface area contributed by atoms with Crippen LogP contribution >= 0.6 is 34.4 Å². The summed E-state index contributed by atoms with van der Waals surface area (Å²) in [6, 6.07) is 20.8. The molecule has 7 nitrogen and oxygen atoms in total. The Labute approximate surface area is 239 Å². The third-order valence-electron chi connectivity index (χ3n) is 5.83. The number of hydrogen-bond acceptors (Lipinski definition) is 6. The Kier molecular flexibility index (Phi) is 9.11. The second-order valence-corrected chi connectivity index (χ2v) is 11.2. The fourth-order valence-corrected chi connectivity index (χ4v) is 4.92. The summed E-state index contributed by atoms with van der Waals surface area (Å²) >= 11 is 3.05. The summed E-state index contributed by atoms with van der Waals surface area (Å²) in [7, 11) is 1.54. The topological polar surface area (TPSA) is 84.9 Å². The quantitative estimate of drug-likeness (QED) is 0.207. The van der Waals surface area contributed by atoms with Gasteiger partial charge in [0, 0.05) is 9.26 Å². The Morgan fingerprint density at radius 3 is 2.39 bits per heavy atom. The van der Waals surface area contributed by atoms with E-state index in [1.165, 1.54) is 0 Å². The van der Waals surface area contributed by atoms with Crippen molar-refractivity contribution >= 4 is 63.2 Å². The van der Waals surface area contributed by atoms with E-state index in [9.17, 15) is 14.4 Å². The maximum atomic E-state index is 12.9. The maximum Gasteiger partial charge on any atom is 0.294 e. The van der Waals surface area contributed by atoms with Gasteiger partial charge in [-0.15, -0.1) is 0 Å². The van der Waals surface area contributed by atoms with Gasteiger partial charge in [0.25, 0.3) is 11.1 Å². The molecule has 0 aliphatic carbocycles. The number of nitrogens with zero attached hydrogens (tertiary/aromatic N) is 1. The number of ether oxygens (including phenoxy) is 2. The molecule has 0 saturated carbocycles. The zero-order chi connectivity index (χ0) is 27.2. The van der Waals surface area contributed by atoms with Crippen LogP contribution < -0.4 is 14.8 Å². The van der Waals surface area contributed by atoms with Crippen molar-refractivity contribution in [2.45, 2.75) is 26.4 Å². The average Bonchev–Trinajstić information content (AvgIpc) is 3.16. The Bertz CT molecular complexity index is 1370. The second kappa shape index (κ2) is 12.5. The third kappa shape index (κ3) is 6.96. The standard InChI is InChI=1S/C29H27IN2O5S/c1-18(2)21-7-11-23(12-8-21)31-27(33)16-32-28(34)26(38-29(32)35)15-20-6-13-24(25(14-20)36-3)37-17-19-4-9-22(30)10-5-19/h4-15,18H,16-17H2,1-3H3,(H,31,33)/b26-15-. The summed E-state index contributed by atoms with van der Waals surface area (Å²) in [6.45, 7) is 4.20. The van der Waals surface area contributed by atoms with Crippen LogP contribution in [0.25, 0.3) is 6.08 Å². The summed E-state index contributed by atoms with van der Waals surface area (Å²) in [5.74, 6) is 0.496. The Balaban J connectivity index is 1.40. The fourth-order valence-electron chi connectivity index (χ4n) is 3.72. The van der Waals surface area contributed by atoms with Crippen LogP contribution in [0.4, 0.5) is 10.5 Å². The molecule has 1 aliphatic rings. The van der Waals surface area contributed by atoms with Gasteiger partial charge in [0.1, 0.15) is 13.2 Å². The van der Waals surface area contributed by atoms with Crippen LogP contribution in [0.15, 0.2) is 71.6 Å². The molecule has 9 heteroatoms.